The van der Waals surface area contributed by atoms with Crippen LogP contribution in [0, 0.1) is 0 Å². The van der Waals surface area contributed by atoms with Crippen molar-refractivity contribution < 1.29 is 9.90 Å². The van der Waals surface area contributed by atoms with E-state index in [2.05, 4.69) is 20.9 Å². The molecule has 1 aromatic heterocycles. The van der Waals surface area contributed by atoms with Crippen LogP contribution in [0.2, 0.25) is 5.02 Å². The molecule has 2 rings (SSSR count). The number of carboxylic acid groups (broad SMARTS) is 1. The smallest absolute Gasteiger partial charge is 0.341 e. The molecular formula is C10H5BrClNO3. The van der Waals surface area contributed by atoms with Crippen LogP contribution in [0.5, 0.6) is 0 Å². The summed E-state index contributed by atoms with van der Waals surface area (Å²) in [6, 6.07) is 3.07. The minimum Gasteiger partial charge on any atom is -0.477 e. The quantitative estimate of drug-likeness (QED) is 0.851. The molecule has 0 aliphatic rings. The third-order valence-corrected chi connectivity index (χ3v) is 3.35. The lowest BCUT2D eigenvalue weighted by atomic mass is 10.1. The van der Waals surface area contributed by atoms with Gasteiger partial charge in [0.15, 0.2) is 0 Å². The fraction of sp³-hybridized carbons (Fsp3) is 0. The fourth-order valence-corrected chi connectivity index (χ4v) is 1.88. The second-order valence-electron chi connectivity index (χ2n) is 3.15. The number of pyridine rings is 1. The molecule has 0 atom stereocenters. The molecule has 2 aromatic rings. The molecule has 1 heterocycles. The minimum atomic E-state index is -1.26. The lowest BCUT2D eigenvalue weighted by molar-refractivity contribution is 0.0695. The molecule has 0 spiro atoms. The van der Waals surface area contributed by atoms with Gasteiger partial charge in [0.1, 0.15) is 5.56 Å². The van der Waals surface area contributed by atoms with Gasteiger partial charge in [-0.05, 0) is 28.1 Å². The van der Waals surface area contributed by atoms with Crippen molar-refractivity contribution in [3.05, 3.63) is 43.6 Å². The fourth-order valence-electron chi connectivity index (χ4n) is 1.37. The van der Waals surface area contributed by atoms with Crippen molar-refractivity contribution in [3.63, 3.8) is 0 Å². The van der Waals surface area contributed by atoms with Crippen molar-refractivity contribution in [2.24, 2.45) is 0 Å². The van der Waals surface area contributed by atoms with Gasteiger partial charge in [0.2, 0.25) is 5.43 Å². The maximum atomic E-state index is 11.8. The molecule has 0 fully saturated rings. The number of nitrogens with one attached hydrogen (secondary N) is 1. The topological polar surface area (TPSA) is 70.2 Å². The predicted octanol–water partition coefficient (Wildman–Crippen LogP) is 2.64. The number of hydrogen-bond acceptors (Lipinski definition) is 2. The molecule has 4 nitrogen and oxygen atoms in total. The molecule has 0 aliphatic carbocycles. The van der Waals surface area contributed by atoms with Gasteiger partial charge in [0.05, 0.1) is 10.5 Å². The Hall–Kier alpha value is -1.33. The zero-order chi connectivity index (χ0) is 11.9. The van der Waals surface area contributed by atoms with Gasteiger partial charge in [-0.1, -0.05) is 11.6 Å². The number of H-pyrrole nitrogens is 1. The number of fused-ring (bicyclic) bond motifs is 1. The van der Waals surface area contributed by atoms with E-state index in [1.807, 2.05) is 0 Å². The Labute approximate surface area is 103 Å². The predicted molar refractivity (Wildman–Crippen MR) is 64.2 cm³/mol. The normalized spacial score (nSPS) is 10.6. The number of rotatable bonds is 1. The Balaban J connectivity index is 2.90. The third-order valence-electron chi connectivity index (χ3n) is 2.15. The summed E-state index contributed by atoms with van der Waals surface area (Å²) < 4.78 is 0.551. The number of halogens is 2. The molecular weight excluding hydrogens is 297 g/mol. The van der Waals surface area contributed by atoms with Gasteiger partial charge < -0.3 is 10.1 Å². The van der Waals surface area contributed by atoms with Gasteiger partial charge in [-0.25, -0.2) is 4.79 Å². The SMILES string of the molecule is O=C(O)c1c[nH]c2cc(Cl)c(Br)cc2c1=O. The summed E-state index contributed by atoms with van der Waals surface area (Å²) in [5.74, 6) is -1.26. The van der Waals surface area contributed by atoms with E-state index in [0.717, 1.165) is 6.20 Å². The number of benzene rings is 1. The van der Waals surface area contributed by atoms with Crippen LogP contribution in [0.3, 0.4) is 0 Å². The van der Waals surface area contributed by atoms with E-state index in [1.54, 1.807) is 6.07 Å². The number of carbonyl (C=O) groups is 1. The Morgan fingerprint density at radius 2 is 2.12 bits per heavy atom. The van der Waals surface area contributed by atoms with Gasteiger partial charge in [0.25, 0.3) is 0 Å². The second kappa shape index (κ2) is 3.92. The largest absolute Gasteiger partial charge is 0.477 e. The molecule has 0 bridgehead atoms. The summed E-state index contributed by atoms with van der Waals surface area (Å²) in [6.07, 6.45) is 1.16. The first kappa shape index (κ1) is 11.2. The first-order chi connectivity index (χ1) is 7.50. The highest BCUT2D eigenvalue weighted by Crippen LogP contribution is 2.25. The Morgan fingerprint density at radius 3 is 2.75 bits per heavy atom. The number of aromatic nitrogens is 1. The van der Waals surface area contributed by atoms with Gasteiger partial charge in [0, 0.05) is 16.1 Å². The standard InChI is InChI=1S/C10H5BrClNO3/c11-6-1-4-8(2-7(6)12)13-3-5(9(4)14)10(15)16/h1-3H,(H,13,14)(H,15,16). The minimum absolute atomic E-state index is 0.288. The molecule has 0 radical (unpaired) electrons. The molecule has 1 aromatic carbocycles. The first-order valence-corrected chi connectivity index (χ1v) is 5.41. The van der Waals surface area contributed by atoms with Crippen molar-refractivity contribution in [1.29, 1.82) is 0 Å². The van der Waals surface area contributed by atoms with Crippen LogP contribution in [0.25, 0.3) is 10.9 Å². The van der Waals surface area contributed by atoms with Crippen molar-refractivity contribution in [1.82, 2.24) is 4.98 Å². The van der Waals surface area contributed by atoms with Crippen LogP contribution in [0.15, 0.2) is 27.6 Å². The lowest BCUT2D eigenvalue weighted by Crippen LogP contribution is -2.15. The average molecular weight is 303 g/mol. The van der Waals surface area contributed by atoms with Crippen molar-refractivity contribution in [2.45, 2.75) is 0 Å². The highest BCUT2D eigenvalue weighted by atomic mass is 79.9. The molecule has 6 heteroatoms. The van der Waals surface area contributed by atoms with Crippen LogP contribution in [-0.4, -0.2) is 16.1 Å². The third kappa shape index (κ3) is 1.72. The maximum Gasteiger partial charge on any atom is 0.341 e. The van der Waals surface area contributed by atoms with Gasteiger partial charge in [-0.2, -0.15) is 0 Å². The van der Waals surface area contributed by atoms with Crippen LogP contribution >= 0.6 is 27.5 Å². The van der Waals surface area contributed by atoms with E-state index < -0.39 is 11.4 Å². The van der Waals surface area contributed by atoms with E-state index in [-0.39, 0.29) is 10.9 Å². The second-order valence-corrected chi connectivity index (χ2v) is 4.41. The number of carboxylic acids is 1. The highest BCUT2D eigenvalue weighted by Gasteiger charge is 2.12. The molecule has 0 saturated heterocycles. The number of aromatic carboxylic acids is 1. The summed E-state index contributed by atoms with van der Waals surface area (Å²) in [7, 11) is 0. The zero-order valence-electron chi connectivity index (χ0n) is 7.75. The van der Waals surface area contributed by atoms with E-state index in [9.17, 15) is 9.59 Å². The lowest BCUT2D eigenvalue weighted by Gasteiger charge is -2.02. The van der Waals surface area contributed by atoms with Gasteiger partial charge in [-0.3, -0.25) is 4.79 Å². The van der Waals surface area contributed by atoms with Crippen LogP contribution < -0.4 is 5.43 Å². The van der Waals surface area contributed by atoms with Crippen molar-refractivity contribution in [2.75, 3.05) is 0 Å². The van der Waals surface area contributed by atoms with Gasteiger partial charge in [-0.15, -0.1) is 0 Å². The molecule has 16 heavy (non-hydrogen) atoms. The molecule has 0 unspecified atom stereocenters. The summed E-state index contributed by atoms with van der Waals surface area (Å²) >= 11 is 9.04. The first-order valence-electron chi connectivity index (χ1n) is 4.24. The summed E-state index contributed by atoms with van der Waals surface area (Å²) in [4.78, 5) is 25.3. The maximum absolute atomic E-state index is 11.8. The molecule has 0 aliphatic heterocycles. The Bertz CT molecular complexity index is 650. The zero-order valence-corrected chi connectivity index (χ0v) is 10.1. The van der Waals surface area contributed by atoms with E-state index in [4.69, 9.17) is 16.7 Å². The molecule has 82 valence electrons. The average Bonchev–Trinajstić information content (AvgIpc) is 2.21. The highest BCUT2D eigenvalue weighted by molar-refractivity contribution is 9.10. The van der Waals surface area contributed by atoms with Gasteiger partial charge >= 0.3 is 5.97 Å². The summed E-state index contributed by atoms with van der Waals surface area (Å²) in [5.41, 5.74) is -0.316. The molecule has 0 amide bonds. The van der Waals surface area contributed by atoms with E-state index >= 15 is 0 Å². The van der Waals surface area contributed by atoms with Crippen LogP contribution in [0.1, 0.15) is 10.4 Å². The van der Waals surface area contributed by atoms with E-state index in [1.165, 1.54) is 6.07 Å². The summed E-state index contributed by atoms with van der Waals surface area (Å²) in [6.45, 7) is 0. The molecule has 0 saturated carbocycles. The van der Waals surface area contributed by atoms with Crippen molar-refractivity contribution in [3.8, 4) is 0 Å². The Kier molecular flexibility index (Phi) is 2.73. The number of aromatic amines is 1. The monoisotopic (exact) mass is 301 g/mol. The Morgan fingerprint density at radius 1 is 1.44 bits per heavy atom. The van der Waals surface area contributed by atoms with Crippen molar-refractivity contribution >= 4 is 44.4 Å². The van der Waals surface area contributed by atoms with Crippen LogP contribution in [0.4, 0.5) is 0 Å². The van der Waals surface area contributed by atoms with E-state index in [0.29, 0.717) is 15.0 Å². The summed E-state index contributed by atoms with van der Waals surface area (Å²) in [5, 5.41) is 9.53. The molecule has 2 N–H and O–H groups in total. The van der Waals surface area contributed by atoms with Crippen LogP contribution in [-0.2, 0) is 0 Å². The number of hydrogen-bond donors (Lipinski definition) is 2.